The molecule has 1 aliphatic heterocycles. The van der Waals surface area contributed by atoms with E-state index in [9.17, 15) is 0 Å². The zero-order chi connectivity index (χ0) is 10.8. The van der Waals surface area contributed by atoms with Gasteiger partial charge in [-0.15, -0.1) is 0 Å². The minimum absolute atomic E-state index is 0.0201. The van der Waals surface area contributed by atoms with Crippen LogP contribution in [-0.2, 0) is 4.74 Å². The fourth-order valence-electron chi connectivity index (χ4n) is 1.45. The van der Waals surface area contributed by atoms with Crippen molar-refractivity contribution in [3.8, 4) is 0 Å². The molecule has 3 heteroatoms. The first kappa shape index (κ1) is 11.5. The van der Waals surface area contributed by atoms with E-state index in [1.54, 1.807) is 0 Å². The van der Waals surface area contributed by atoms with Crippen LogP contribution >= 0.6 is 0 Å². The second kappa shape index (κ2) is 4.30. The predicted octanol–water partition coefficient (Wildman–Crippen LogP) is 1.81. The molecule has 0 radical (unpaired) electrons. The van der Waals surface area contributed by atoms with E-state index in [-0.39, 0.29) is 11.5 Å². The number of nitrogens with zero attached hydrogens (tertiary/aromatic N) is 1. The van der Waals surface area contributed by atoms with E-state index in [2.05, 4.69) is 32.7 Å². The van der Waals surface area contributed by atoms with Crippen molar-refractivity contribution in [3.05, 3.63) is 0 Å². The smallest absolute Gasteiger partial charge is 0.0994 e. The third-order valence-electron chi connectivity index (χ3n) is 2.76. The summed E-state index contributed by atoms with van der Waals surface area (Å²) in [6.07, 6.45) is 1.11. The molecule has 0 spiro atoms. The zero-order valence-electron chi connectivity index (χ0n) is 9.71. The quantitative estimate of drug-likeness (QED) is 0.543. The first-order valence-electron chi connectivity index (χ1n) is 5.33. The molecule has 0 saturated carbocycles. The van der Waals surface area contributed by atoms with Crippen LogP contribution in [0.5, 0.6) is 0 Å². The van der Waals surface area contributed by atoms with Crippen molar-refractivity contribution in [1.82, 2.24) is 0 Å². The van der Waals surface area contributed by atoms with Crippen LogP contribution in [0.15, 0.2) is 4.99 Å². The first-order valence-corrected chi connectivity index (χ1v) is 5.33. The second-order valence-electron chi connectivity index (χ2n) is 5.13. The van der Waals surface area contributed by atoms with E-state index in [0.29, 0.717) is 5.92 Å². The van der Waals surface area contributed by atoms with Gasteiger partial charge in [0, 0.05) is 17.9 Å². The van der Waals surface area contributed by atoms with E-state index in [1.165, 1.54) is 0 Å². The Balaban J connectivity index is 2.57. The Kier molecular flexibility index (Phi) is 3.53. The number of nitrogens with two attached hydrogens (primary N) is 1. The average Bonchev–Trinajstić information content (AvgIpc) is 2.53. The van der Waals surface area contributed by atoms with Crippen molar-refractivity contribution in [2.45, 2.75) is 40.2 Å². The number of hydrogen-bond acceptors (Lipinski definition) is 2. The summed E-state index contributed by atoms with van der Waals surface area (Å²) in [7, 11) is 0. The summed E-state index contributed by atoms with van der Waals surface area (Å²) in [5, 5.41) is 0. The molecule has 1 aliphatic rings. The lowest BCUT2D eigenvalue weighted by molar-refractivity contribution is 0.182. The Hall–Kier alpha value is -0.570. The van der Waals surface area contributed by atoms with Gasteiger partial charge in [-0.05, 0) is 13.3 Å². The summed E-state index contributed by atoms with van der Waals surface area (Å²) in [6, 6.07) is 0.289. The Morgan fingerprint density at radius 2 is 2.14 bits per heavy atom. The molecule has 1 saturated heterocycles. The fourth-order valence-corrected chi connectivity index (χ4v) is 1.45. The maximum atomic E-state index is 5.93. The highest BCUT2D eigenvalue weighted by atomic mass is 16.5. The summed E-state index contributed by atoms with van der Waals surface area (Å²) < 4.78 is 5.34. The van der Waals surface area contributed by atoms with Crippen LogP contribution in [0.2, 0.25) is 0 Å². The van der Waals surface area contributed by atoms with Crippen LogP contribution in [0, 0.1) is 11.3 Å². The summed E-state index contributed by atoms with van der Waals surface area (Å²) in [4.78, 5) is 4.54. The van der Waals surface area contributed by atoms with Gasteiger partial charge in [-0.1, -0.05) is 20.8 Å². The molecule has 0 aromatic carbocycles. The molecule has 1 fully saturated rings. The van der Waals surface area contributed by atoms with Crippen LogP contribution in [-0.4, -0.2) is 25.1 Å². The number of aliphatic imine (C=N–C) groups is 1. The van der Waals surface area contributed by atoms with Gasteiger partial charge >= 0.3 is 0 Å². The van der Waals surface area contributed by atoms with Crippen molar-refractivity contribution >= 4 is 5.84 Å². The lowest BCUT2D eigenvalue weighted by Gasteiger charge is -2.21. The molecule has 2 unspecified atom stereocenters. The van der Waals surface area contributed by atoms with Gasteiger partial charge in [0.2, 0.25) is 0 Å². The summed E-state index contributed by atoms with van der Waals surface area (Å²) in [5.74, 6) is 1.30. The summed E-state index contributed by atoms with van der Waals surface area (Å²) in [6.45, 7) is 10.1. The van der Waals surface area contributed by atoms with Crippen LogP contribution in [0.4, 0.5) is 0 Å². The van der Waals surface area contributed by atoms with Gasteiger partial charge in [0.25, 0.3) is 0 Å². The Labute approximate surface area is 86.7 Å². The van der Waals surface area contributed by atoms with Gasteiger partial charge in [0.1, 0.15) is 0 Å². The highest BCUT2D eigenvalue weighted by Crippen LogP contribution is 2.21. The molecule has 14 heavy (non-hydrogen) atoms. The van der Waals surface area contributed by atoms with E-state index in [1.807, 2.05) is 0 Å². The molecule has 0 aliphatic carbocycles. The SMILES string of the molecule is CC(N=C(N)C(C)(C)C)C1CCOC1. The van der Waals surface area contributed by atoms with Crippen molar-refractivity contribution < 1.29 is 4.74 Å². The van der Waals surface area contributed by atoms with E-state index in [0.717, 1.165) is 25.5 Å². The van der Waals surface area contributed by atoms with Crippen LogP contribution in [0.1, 0.15) is 34.1 Å². The molecule has 0 amide bonds. The molecule has 3 nitrogen and oxygen atoms in total. The van der Waals surface area contributed by atoms with Crippen LogP contribution in [0.3, 0.4) is 0 Å². The molecular weight excluding hydrogens is 176 g/mol. The zero-order valence-corrected chi connectivity index (χ0v) is 9.71. The fraction of sp³-hybridized carbons (Fsp3) is 0.909. The minimum Gasteiger partial charge on any atom is -0.387 e. The maximum absolute atomic E-state index is 5.93. The van der Waals surface area contributed by atoms with Gasteiger partial charge < -0.3 is 10.5 Å². The Morgan fingerprint density at radius 1 is 1.50 bits per heavy atom. The highest BCUT2D eigenvalue weighted by Gasteiger charge is 2.24. The normalized spacial score (nSPS) is 26.6. The molecule has 0 aromatic rings. The number of ether oxygens (including phenoxy) is 1. The maximum Gasteiger partial charge on any atom is 0.0994 e. The van der Waals surface area contributed by atoms with Gasteiger partial charge in [0.15, 0.2) is 0 Å². The average molecular weight is 198 g/mol. The van der Waals surface area contributed by atoms with Crippen LogP contribution < -0.4 is 5.73 Å². The second-order valence-corrected chi connectivity index (χ2v) is 5.13. The number of amidine groups is 1. The van der Waals surface area contributed by atoms with Crippen molar-refractivity contribution in [1.29, 1.82) is 0 Å². The van der Waals surface area contributed by atoms with Crippen molar-refractivity contribution in [2.75, 3.05) is 13.2 Å². The first-order chi connectivity index (χ1) is 6.41. The molecule has 0 bridgehead atoms. The Bertz CT molecular complexity index is 212. The number of rotatable bonds is 2. The minimum atomic E-state index is -0.0201. The van der Waals surface area contributed by atoms with E-state index < -0.39 is 0 Å². The van der Waals surface area contributed by atoms with E-state index >= 15 is 0 Å². The summed E-state index contributed by atoms with van der Waals surface area (Å²) >= 11 is 0. The highest BCUT2D eigenvalue weighted by molar-refractivity contribution is 5.85. The standard InChI is InChI=1S/C11H22N2O/c1-8(9-5-6-14-7-9)13-10(12)11(2,3)4/h8-9H,5-7H2,1-4H3,(H2,12,13). The van der Waals surface area contributed by atoms with Gasteiger partial charge in [0.05, 0.1) is 18.5 Å². The molecule has 82 valence electrons. The molecule has 2 N–H and O–H groups in total. The molecule has 1 rings (SSSR count). The molecule has 1 heterocycles. The topological polar surface area (TPSA) is 47.6 Å². The van der Waals surface area contributed by atoms with Crippen molar-refractivity contribution in [3.63, 3.8) is 0 Å². The molecule has 2 atom stereocenters. The van der Waals surface area contributed by atoms with Gasteiger partial charge in [-0.25, -0.2) is 0 Å². The number of hydrogen-bond donors (Lipinski definition) is 1. The monoisotopic (exact) mass is 198 g/mol. The lowest BCUT2D eigenvalue weighted by atomic mass is 9.94. The largest absolute Gasteiger partial charge is 0.387 e. The van der Waals surface area contributed by atoms with Crippen LogP contribution in [0.25, 0.3) is 0 Å². The lowest BCUT2D eigenvalue weighted by Crippen LogP contribution is -2.31. The molecular formula is C11H22N2O. The molecule has 0 aromatic heterocycles. The third kappa shape index (κ3) is 2.98. The third-order valence-corrected chi connectivity index (χ3v) is 2.76. The Morgan fingerprint density at radius 3 is 2.57 bits per heavy atom. The van der Waals surface area contributed by atoms with E-state index in [4.69, 9.17) is 10.5 Å². The predicted molar refractivity (Wildman–Crippen MR) is 59.5 cm³/mol. The summed E-state index contributed by atoms with van der Waals surface area (Å²) in [5.41, 5.74) is 5.91. The van der Waals surface area contributed by atoms with Gasteiger partial charge in [-0.2, -0.15) is 0 Å². The van der Waals surface area contributed by atoms with Gasteiger partial charge in [-0.3, -0.25) is 4.99 Å². The van der Waals surface area contributed by atoms with Crippen molar-refractivity contribution in [2.24, 2.45) is 22.1 Å².